The Balaban J connectivity index is 1.06. The molecule has 6 heteroatoms. The van der Waals surface area contributed by atoms with Gasteiger partial charge in [0.25, 0.3) is 0 Å². The molecule has 240 valence electrons. The lowest BCUT2D eigenvalue weighted by atomic mass is 9.83. The molecule has 4 nitrogen and oxygen atoms in total. The number of allylic oxidation sites excluding steroid dienone is 2. The maximum absolute atomic E-state index is 6.61. The Hall–Kier alpha value is -5.95. The fourth-order valence-electron chi connectivity index (χ4n) is 7.77. The first-order valence-corrected chi connectivity index (χ1v) is 18.7. The molecule has 1 aliphatic heterocycles. The van der Waals surface area contributed by atoms with Gasteiger partial charge in [0.15, 0.2) is 17.5 Å². The molecule has 0 saturated carbocycles. The van der Waals surface area contributed by atoms with Gasteiger partial charge in [-0.1, -0.05) is 109 Å². The van der Waals surface area contributed by atoms with E-state index in [1.54, 1.807) is 11.3 Å². The Labute approximate surface area is 301 Å². The van der Waals surface area contributed by atoms with E-state index in [-0.39, 0.29) is 12.0 Å². The number of benzene rings is 6. The quantitative estimate of drug-likeness (QED) is 0.185. The summed E-state index contributed by atoms with van der Waals surface area (Å²) < 4.78 is 11.7. The summed E-state index contributed by atoms with van der Waals surface area (Å²) in [6.07, 6.45) is 6.23. The molecule has 51 heavy (non-hydrogen) atoms. The second-order valence-corrected chi connectivity index (χ2v) is 15.2. The van der Waals surface area contributed by atoms with E-state index in [1.807, 2.05) is 29.5 Å². The minimum absolute atomic E-state index is 0.0627. The van der Waals surface area contributed by atoms with Crippen LogP contribution in [0, 0.1) is 0 Å². The summed E-state index contributed by atoms with van der Waals surface area (Å²) >= 11 is 3.65. The molecule has 6 aromatic carbocycles. The van der Waals surface area contributed by atoms with E-state index in [1.165, 1.54) is 51.5 Å². The summed E-state index contributed by atoms with van der Waals surface area (Å²) in [4.78, 5) is 15.4. The van der Waals surface area contributed by atoms with Crippen molar-refractivity contribution in [2.75, 3.05) is 0 Å². The molecule has 11 rings (SSSR count). The Morgan fingerprint density at radius 2 is 1.20 bits per heavy atom. The Morgan fingerprint density at radius 1 is 0.510 bits per heavy atom. The van der Waals surface area contributed by atoms with Gasteiger partial charge in [-0.05, 0) is 53.6 Å². The van der Waals surface area contributed by atoms with Crippen molar-refractivity contribution in [1.29, 1.82) is 0 Å². The van der Waals surface area contributed by atoms with E-state index < -0.39 is 0 Å². The van der Waals surface area contributed by atoms with Gasteiger partial charge in [-0.25, -0.2) is 15.0 Å². The van der Waals surface area contributed by atoms with Crippen molar-refractivity contribution in [2.24, 2.45) is 0 Å². The van der Waals surface area contributed by atoms with Crippen molar-refractivity contribution >= 4 is 68.6 Å². The molecule has 0 fully saturated rings. The molecule has 0 saturated heterocycles. The van der Waals surface area contributed by atoms with E-state index in [0.717, 1.165) is 28.0 Å². The van der Waals surface area contributed by atoms with E-state index in [0.29, 0.717) is 17.5 Å². The third-order valence-corrected chi connectivity index (χ3v) is 12.4. The molecule has 4 heterocycles. The summed E-state index contributed by atoms with van der Waals surface area (Å²) in [5, 5.41) is 5.13. The van der Waals surface area contributed by atoms with Gasteiger partial charge in [0, 0.05) is 62.6 Å². The highest BCUT2D eigenvalue weighted by molar-refractivity contribution is 7.26. The van der Waals surface area contributed by atoms with Crippen molar-refractivity contribution in [3.05, 3.63) is 163 Å². The normalized spacial score (nSPS) is 16.4. The molecule has 0 N–H and O–H groups in total. The first kappa shape index (κ1) is 28.8. The smallest absolute Gasteiger partial charge is 0.164 e. The van der Waals surface area contributed by atoms with Crippen molar-refractivity contribution in [3.63, 3.8) is 0 Å². The standard InChI is InChI=1S/C45H27N3OS2/c1-2-10-26(11-3-1)43-46-44(28-20-22-31-30-12-4-6-17-37(30)51-40(31)25-28)48-45(47-43)33-15-8-16-36-41(33)34-24-27(21-23-35(34)49-36)29-14-9-19-39-42(29)32-13-5-7-18-38(32)50-39/h1-25,36,41H. The molecule has 9 aromatic rings. The second-order valence-electron chi connectivity index (χ2n) is 13.1. The molecule has 0 bridgehead atoms. The van der Waals surface area contributed by atoms with Crippen LogP contribution in [-0.2, 0) is 0 Å². The fraction of sp³-hybridized carbons (Fsp3) is 0.0444. The lowest BCUT2D eigenvalue weighted by Crippen LogP contribution is -2.20. The van der Waals surface area contributed by atoms with Crippen molar-refractivity contribution in [2.45, 2.75) is 12.0 Å². The molecule has 0 amide bonds. The highest BCUT2D eigenvalue weighted by atomic mass is 32.1. The summed E-state index contributed by atoms with van der Waals surface area (Å²) in [5.74, 6) is 2.83. The fourth-order valence-corrected chi connectivity index (χ4v) is 10.0. The topological polar surface area (TPSA) is 47.9 Å². The highest BCUT2D eigenvalue weighted by Crippen LogP contribution is 2.50. The van der Waals surface area contributed by atoms with Crippen LogP contribution in [0.4, 0.5) is 0 Å². The molecule has 2 unspecified atom stereocenters. The Bertz CT molecular complexity index is 2920. The zero-order valence-corrected chi connectivity index (χ0v) is 28.8. The zero-order chi connectivity index (χ0) is 33.5. The number of hydrogen-bond donors (Lipinski definition) is 0. The predicted molar refractivity (Wildman–Crippen MR) is 213 cm³/mol. The van der Waals surface area contributed by atoms with Gasteiger partial charge >= 0.3 is 0 Å². The molecule has 2 aliphatic rings. The predicted octanol–water partition coefficient (Wildman–Crippen LogP) is 12.1. The average molecular weight is 690 g/mol. The molecule has 0 radical (unpaired) electrons. The van der Waals surface area contributed by atoms with Crippen LogP contribution >= 0.6 is 22.7 Å². The number of rotatable bonds is 4. The van der Waals surface area contributed by atoms with E-state index in [9.17, 15) is 0 Å². The van der Waals surface area contributed by atoms with Crippen LogP contribution in [0.2, 0.25) is 0 Å². The third kappa shape index (κ3) is 4.61. The van der Waals surface area contributed by atoms with Crippen LogP contribution in [0.15, 0.2) is 152 Å². The average Bonchev–Trinajstić information content (AvgIpc) is 3.88. The van der Waals surface area contributed by atoms with Crippen LogP contribution in [0.25, 0.3) is 79.8 Å². The minimum atomic E-state index is -0.150. The lowest BCUT2D eigenvalue weighted by Gasteiger charge is -2.22. The van der Waals surface area contributed by atoms with Crippen LogP contribution in [-0.4, -0.2) is 21.1 Å². The summed E-state index contributed by atoms with van der Waals surface area (Å²) in [6.45, 7) is 0. The van der Waals surface area contributed by atoms with Gasteiger partial charge in [0.05, 0.1) is 5.92 Å². The van der Waals surface area contributed by atoms with Crippen molar-refractivity contribution in [1.82, 2.24) is 15.0 Å². The van der Waals surface area contributed by atoms with Gasteiger partial charge in [-0.3, -0.25) is 0 Å². The Morgan fingerprint density at radius 3 is 2.08 bits per heavy atom. The number of nitrogens with zero attached hydrogens (tertiary/aromatic N) is 3. The first-order chi connectivity index (χ1) is 25.2. The monoisotopic (exact) mass is 689 g/mol. The maximum Gasteiger partial charge on any atom is 0.164 e. The molecule has 2 atom stereocenters. The first-order valence-electron chi connectivity index (χ1n) is 17.1. The van der Waals surface area contributed by atoms with Gasteiger partial charge in [0.2, 0.25) is 0 Å². The van der Waals surface area contributed by atoms with Gasteiger partial charge in [0.1, 0.15) is 11.9 Å². The summed E-state index contributed by atoms with van der Waals surface area (Å²) in [6, 6.07) is 47.3. The zero-order valence-electron chi connectivity index (χ0n) is 27.2. The van der Waals surface area contributed by atoms with Crippen molar-refractivity contribution < 1.29 is 4.74 Å². The largest absolute Gasteiger partial charge is 0.485 e. The van der Waals surface area contributed by atoms with Crippen LogP contribution in [0.5, 0.6) is 5.75 Å². The van der Waals surface area contributed by atoms with Crippen LogP contribution < -0.4 is 4.74 Å². The highest BCUT2D eigenvalue weighted by Gasteiger charge is 2.39. The molecule has 1 aliphatic carbocycles. The minimum Gasteiger partial charge on any atom is -0.485 e. The molecular weight excluding hydrogens is 663 g/mol. The van der Waals surface area contributed by atoms with E-state index >= 15 is 0 Å². The second kappa shape index (κ2) is 11.3. The lowest BCUT2D eigenvalue weighted by molar-refractivity contribution is 0.271. The Kier molecular flexibility index (Phi) is 6.38. The molecule has 3 aromatic heterocycles. The third-order valence-electron chi connectivity index (χ3n) is 10.1. The van der Waals surface area contributed by atoms with E-state index in [4.69, 9.17) is 19.7 Å². The number of ether oxygens (including phenoxy) is 1. The number of thiophene rings is 2. The van der Waals surface area contributed by atoms with E-state index in [2.05, 4.69) is 133 Å². The van der Waals surface area contributed by atoms with Crippen LogP contribution in [0.1, 0.15) is 17.3 Å². The van der Waals surface area contributed by atoms with Gasteiger partial charge < -0.3 is 4.74 Å². The summed E-state index contributed by atoms with van der Waals surface area (Å²) in [7, 11) is 0. The maximum atomic E-state index is 6.61. The van der Waals surface area contributed by atoms with Crippen molar-refractivity contribution in [3.8, 4) is 39.7 Å². The van der Waals surface area contributed by atoms with Gasteiger partial charge in [-0.2, -0.15) is 0 Å². The number of fused-ring (bicyclic) bond motifs is 9. The summed E-state index contributed by atoms with van der Waals surface area (Å²) in [5.41, 5.74) is 6.52. The van der Waals surface area contributed by atoms with Gasteiger partial charge in [-0.15, -0.1) is 22.7 Å². The molecular formula is C45H27N3OS2. The number of hydrogen-bond acceptors (Lipinski definition) is 6. The SMILES string of the molecule is C1=CC2Oc3ccc(-c4cccc5sc6ccccc6c45)cc3C2C(c2nc(-c3ccccc3)nc(-c3ccc4c(c3)sc3ccccc34)n2)=C1. The number of aromatic nitrogens is 3. The molecule has 0 spiro atoms. The van der Waals surface area contributed by atoms with Crippen LogP contribution in [0.3, 0.4) is 0 Å².